The summed E-state index contributed by atoms with van der Waals surface area (Å²) in [4.78, 5) is 4.36. The predicted molar refractivity (Wildman–Crippen MR) is 87.2 cm³/mol. The lowest BCUT2D eigenvalue weighted by Crippen LogP contribution is -1.98. The van der Waals surface area contributed by atoms with Crippen LogP contribution in [0, 0.1) is 0 Å². The highest BCUT2D eigenvalue weighted by Crippen LogP contribution is 2.21. The molecule has 0 aliphatic heterocycles. The Morgan fingerprint density at radius 2 is 1.90 bits per heavy atom. The maximum absolute atomic E-state index is 5.83. The lowest BCUT2D eigenvalue weighted by molar-refractivity contribution is 0.838. The van der Waals surface area contributed by atoms with Crippen LogP contribution in [0.1, 0.15) is 5.56 Å². The molecule has 0 saturated carbocycles. The molecule has 0 saturated heterocycles. The molecule has 0 radical (unpaired) electrons. The molecule has 0 aliphatic rings. The average molecular weight is 273 g/mol. The van der Waals surface area contributed by atoms with E-state index in [0.717, 1.165) is 17.7 Å². The van der Waals surface area contributed by atoms with Gasteiger partial charge in [0.1, 0.15) is 0 Å². The van der Waals surface area contributed by atoms with E-state index in [1.807, 2.05) is 24.4 Å². The van der Waals surface area contributed by atoms with Crippen molar-refractivity contribution in [1.29, 1.82) is 0 Å². The Morgan fingerprint density at radius 1 is 0.952 bits per heavy atom. The number of hydrogen-bond acceptors (Lipinski definition) is 2. The van der Waals surface area contributed by atoms with Gasteiger partial charge in [-0.2, -0.15) is 0 Å². The number of benzene rings is 2. The molecular formula is C18H15N3. The predicted octanol–water partition coefficient (Wildman–Crippen LogP) is 3.82. The fourth-order valence-corrected chi connectivity index (χ4v) is 2.78. The van der Waals surface area contributed by atoms with Crippen molar-refractivity contribution in [2.45, 2.75) is 6.54 Å². The third-order valence-corrected chi connectivity index (χ3v) is 3.82. The van der Waals surface area contributed by atoms with E-state index in [0.29, 0.717) is 0 Å². The van der Waals surface area contributed by atoms with Gasteiger partial charge in [0.25, 0.3) is 0 Å². The summed E-state index contributed by atoms with van der Waals surface area (Å²) < 4.78 is 2.24. The quantitative estimate of drug-likeness (QED) is 0.564. The van der Waals surface area contributed by atoms with Crippen molar-refractivity contribution in [3.8, 4) is 0 Å². The fraction of sp³-hybridized carbons (Fsp3) is 0.0556. The third kappa shape index (κ3) is 2.13. The van der Waals surface area contributed by atoms with Crippen LogP contribution in [0.25, 0.3) is 21.8 Å². The van der Waals surface area contributed by atoms with Crippen molar-refractivity contribution in [2.75, 3.05) is 5.73 Å². The molecule has 0 atom stereocenters. The molecule has 2 N–H and O–H groups in total. The molecule has 4 aromatic rings. The summed E-state index contributed by atoms with van der Waals surface area (Å²) >= 11 is 0. The van der Waals surface area contributed by atoms with Crippen LogP contribution < -0.4 is 5.73 Å². The second kappa shape index (κ2) is 4.63. The first-order valence-electron chi connectivity index (χ1n) is 6.98. The van der Waals surface area contributed by atoms with Crippen LogP contribution in [0.3, 0.4) is 0 Å². The summed E-state index contributed by atoms with van der Waals surface area (Å²) in [5, 5.41) is 2.35. The number of nitrogens with two attached hydrogens (primary N) is 1. The summed E-state index contributed by atoms with van der Waals surface area (Å²) in [6.45, 7) is 0.845. The van der Waals surface area contributed by atoms with Gasteiger partial charge in [-0.1, -0.05) is 12.1 Å². The van der Waals surface area contributed by atoms with Gasteiger partial charge in [0, 0.05) is 40.9 Å². The monoisotopic (exact) mass is 273 g/mol. The zero-order chi connectivity index (χ0) is 14.2. The Kier molecular flexibility index (Phi) is 2.64. The lowest BCUT2D eigenvalue weighted by atomic mass is 10.1. The van der Waals surface area contributed by atoms with Crippen molar-refractivity contribution >= 4 is 27.5 Å². The van der Waals surface area contributed by atoms with Crippen LogP contribution in [0.4, 0.5) is 5.69 Å². The highest BCUT2D eigenvalue weighted by atomic mass is 14.9. The number of pyridine rings is 1. The molecule has 0 amide bonds. The molecule has 0 unspecified atom stereocenters. The number of hydrogen-bond donors (Lipinski definition) is 1. The molecule has 3 heteroatoms. The summed E-state index contributed by atoms with van der Waals surface area (Å²) in [6, 6.07) is 18.6. The highest BCUT2D eigenvalue weighted by molar-refractivity contribution is 5.83. The van der Waals surface area contributed by atoms with Gasteiger partial charge in [-0.05, 0) is 48.0 Å². The maximum Gasteiger partial charge on any atom is 0.0702 e. The summed E-state index contributed by atoms with van der Waals surface area (Å²) in [5.41, 5.74) is 10.1. The molecule has 0 spiro atoms. The molecular weight excluding hydrogens is 258 g/mol. The normalized spacial score (nSPS) is 11.2. The lowest BCUT2D eigenvalue weighted by Gasteiger charge is -2.07. The van der Waals surface area contributed by atoms with Crippen LogP contribution in [0.2, 0.25) is 0 Å². The maximum atomic E-state index is 5.83. The molecule has 2 aromatic heterocycles. The minimum Gasteiger partial charge on any atom is -0.399 e. The second-order valence-electron chi connectivity index (χ2n) is 5.29. The topological polar surface area (TPSA) is 43.8 Å². The van der Waals surface area contributed by atoms with Crippen molar-refractivity contribution in [3.05, 3.63) is 72.6 Å². The number of nitrogens with zero attached hydrogens (tertiary/aromatic N) is 2. The van der Waals surface area contributed by atoms with Crippen LogP contribution in [0.5, 0.6) is 0 Å². The Hall–Kier alpha value is -2.81. The van der Waals surface area contributed by atoms with Gasteiger partial charge in [0.05, 0.1) is 5.52 Å². The smallest absolute Gasteiger partial charge is 0.0702 e. The third-order valence-electron chi connectivity index (χ3n) is 3.82. The number of anilines is 1. The van der Waals surface area contributed by atoms with Crippen LogP contribution >= 0.6 is 0 Å². The average Bonchev–Trinajstić information content (AvgIpc) is 2.89. The molecule has 21 heavy (non-hydrogen) atoms. The van der Waals surface area contributed by atoms with E-state index < -0.39 is 0 Å². The van der Waals surface area contributed by atoms with E-state index in [1.54, 1.807) is 0 Å². The van der Waals surface area contributed by atoms with Gasteiger partial charge in [-0.25, -0.2) is 0 Å². The van der Waals surface area contributed by atoms with E-state index in [-0.39, 0.29) is 0 Å². The van der Waals surface area contributed by atoms with Crippen molar-refractivity contribution in [3.63, 3.8) is 0 Å². The van der Waals surface area contributed by atoms with E-state index in [9.17, 15) is 0 Å². The summed E-state index contributed by atoms with van der Waals surface area (Å²) in [7, 11) is 0. The minimum absolute atomic E-state index is 0.803. The van der Waals surface area contributed by atoms with Crippen LogP contribution in [-0.2, 0) is 6.54 Å². The largest absolute Gasteiger partial charge is 0.399 e. The van der Waals surface area contributed by atoms with E-state index >= 15 is 0 Å². The Balaban J connectivity index is 1.75. The molecule has 4 rings (SSSR count). The van der Waals surface area contributed by atoms with E-state index in [4.69, 9.17) is 5.73 Å². The molecule has 0 fully saturated rings. The number of aromatic nitrogens is 2. The van der Waals surface area contributed by atoms with Gasteiger partial charge in [0.2, 0.25) is 0 Å². The van der Waals surface area contributed by atoms with Crippen molar-refractivity contribution in [2.24, 2.45) is 0 Å². The Morgan fingerprint density at radius 3 is 2.86 bits per heavy atom. The molecule has 0 bridgehead atoms. The molecule has 102 valence electrons. The summed E-state index contributed by atoms with van der Waals surface area (Å²) in [6.07, 6.45) is 3.93. The standard InChI is InChI=1S/C18H15N3/c19-16-4-6-18-15(11-16)7-9-21(18)12-13-3-5-17-14(10-13)2-1-8-20-17/h1-11H,12,19H2. The molecule has 2 heterocycles. The van der Waals surface area contributed by atoms with Gasteiger partial charge in [0.15, 0.2) is 0 Å². The number of fused-ring (bicyclic) bond motifs is 2. The molecule has 0 aliphatic carbocycles. The van der Waals surface area contributed by atoms with Gasteiger partial charge < -0.3 is 10.3 Å². The van der Waals surface area contributed by atoms with Gasteiger partial charge in [-0.3, -0.25) is 4.98 Å². The zero-order valence-corrected chi connectivity index (χ0v) is 11.5. The Labute approximate surface area is 122 Å². The van der Waals surface area contributed by atoms with E-state index in [1.165, 1.54) is 21.9 Å². The van der Waals surface area contributed by atoms with Crippen molar-refractivity contribution < 1.29 is 0 Å². The van der Waals surface area contributed by atoms with Gasteiger partial charge >= 0.3 is 0 Å². The Bertz CT molecular complexity index is 937. The zero-order valence-electron chi connectivity index (χ0n) is 11.5. The first-order chi connectivity index (χ1) is 10.3. The van der Waals surface area contributed by atoms with Crippen LogP contribution in [0.15, 0.2) is 67.0 Å². The number of rotatable bonds is 2. The van der Waals surface area contributed by atoms with Crippen LogP contribution in [-0.4, -0.2) is 9.55 Å². The van der Waals surface area contributed by atoms with E-state index in [2.05, 4.69) is 52.1 Å². The minimum atomic E-state index is 0.803. The SMILES string of the molecule is Nc1ccc2c(ccn2Cc2ccc3ncccc3c2)c1. The highest BCUT2D eigenvalue weighted by Gasteiger charge is 2.03. The number of nitrogen functional groups attached to an aromatic ring is 1. The molecule has 2 aromatic carbocycles. The molecule has 3 nitrogen and oxygen atoms in total. The second-order valence-corrected chi connectivity index (χ2v) is 5.29. The van der Waals surface area contributed by atoms with Crippen molar-refractivity contribution in [1.82, 2.24) is 9.55 Å². The van der Waals surface area contributed by atoms with Gasteiger partial charge in [-0.15, -0.1) is 0 Å². The first kappa shape index (κ1) is 12.0. The summed E-state index contributed by atoms with van der Waals surface area (Å²) in [5.74, 6) is 0. The first-order valence-corrected chi connectivity index (χ1v) is 6.98. The fourth-order valence-electron chi connectivity index (χ4n) is 2.78.